The molecule has 0 saturated carbocycles. The molecule has 1 aliphatic rings. The number of nitrogens with zero attached hydrogens (tertiary/aromatic N) is 2. The SMILES string of the molecule is C[C@H](N)C(=O)C1(N)N=C(c2ccccc2)c2ccccc2N(Cc2ccc(C(C)(C)C)cc2)C1=O. The number of Topliss-reactive ketones (excluding diaryl/α,β-unsaturated/α-hetero) is 1. The second kappa shape index (κ2) is 9.21. The Kier molecular flexibility index (Phi) is 6.45. The summed E-state index contributed by atoms with van der Waals surface area (Å²) in [5, 5.41) is 0. The van der Waals surface area contributed by atoms with Crippen LogP contribution in [-0.4, -0.2) is 29.1 Å². The summed E-state index contributed by atoms with van der Waals surface area (Å²) in [4.78, 5) is 33.4. The van der Waals surface area contributed by atoms with Crippen LogP contribution in [0.2, 0.25) is 0 Å². The summed E-state index contributed by atoms with van der Waals surface area (Å²) in [5.74, 6) is -1.23. The molecule has 0 saturated heterocycles. The number of carbonyl (C=O) groups is 2. The maximum absolute atomic E-state index is 14.0. The maximum Gasteiger partial charge on any atom is 0.277 e. The van der Waals surface area contributed by atoms with Gasteiger partial charge in [-0.2, -0.15) is 0 Å². The Morgan fingerprint density at radius 1 is 0.971 bits per heavy atom. The fraction of sp³-hybridized carbons (Fsp3) is 0.276. The highest BCUT2D eigenvalue weighted by Gasteiger charge is 2.48. The molecular formula is C29H32N4O2. The molecule has 1 amide bonds. The third-order valence-corrected chi connectivity index (χ3v) is 6.31. The third kappa shape index (κ3) is 4.67. The van der Waals surface area contributed by atoms with Crippen molar-refractivity contribution >= 4 is 23.1 Å². The first kappa shape index (κ1) is 24.5. The van der Waals surface area contributed by atoms with Crippen LogP contribution in [0, 0.1) is 0 Å². The topological polar surface area (TPSA) is 102 Å². The molecule has 3 aromatic carbocycles. The minimum absolute atomic E-state index is 0.0120. The molecule has 6 nitrogen and oxygen atoms in total. The van der Waals surface area contributed by atoms with Gasteiger partial charge in [-0.15, -0.1) is 0 Å². The highest BCUT2D eigenvalue weighted by Crippen LogP contribution is 2.33. The number of fused-ring (bicyclic) bond motifs is 1. The van der Waals surface area contributed by atoms with Gasteiger partial charge in [0.25, 0.3) is 5.91 Å². The van der Waals surface area contributed by atoms with Gasteiger partial charge in [0.2, 0.25) is 11.4 Å². The summed E-state index contributed by atoms with van der Waals surface area (Å²) in [6.45, 7) is 8.22. The largest absolute Gasteiger partial charge is 0.322 e. The highest BCUT2D eigenvalue weighted by atomic mass is 16.2. The van der Waals surface area contributed by atoms with Crippen LogP contribution in [0.15, 0.2) is 83.9 Å². The molecule has 0 radical (unpaired) electrons. The molecule has 4 rings (SSSR count). The van der Waals surface area contributed by atoms with Gasteiger partial charge in [0.1, 0.15) is 0 Å². The molecule has 0 aromatic heterocycles. The van der Waals surface area contributed by atoms with Gasteiger partial charge in [0.05, 0.1) is 24.0 Å². The van der Waals surface area contributed by atoms with Gasteiger partial charge in [-0.3, -0.25) is 15.3 Å². The molecule has 6 heteroatoms. The van der Waals surface area contributed by atoms with Crippen molar-refractivity contribution in [2.24, 2.45) is 16.5 Å². The number of rotatable bonds is 5. The van der Waals surface area contributed by atoms with Crippen LogP contribution < -0.4 is 16.4 Å². The number of benzodiazepines with no additional fused rings is 1. The van der Waals surface area contributed by atoms with Gasteiger partial charge in [-0.25, -0.2) is 4.99 Å². The van der Waals surface area contributed by atoms with Gasteiger partial charge in [-0.1, -0.05) is 93.6 Å². The second-order valence-corrected chi connectivity index (χ2v) is 10.1. The Balaban J connectivity index is 1.88. The number of hydrogen-bond acceptors (Lipinski definition) is 5. The van der Waals surface area contributed by atoms with Gasteiger partial charge >= 0.3 is 0 Å². The molecule has 1 aliphatic heterocycles. The van der Waals surface area contributed by atoms with Crippen molar-refractivity contribution in [1.82, 2.24) is 0 Å². The lowest BCUT2D eigenvalue weighted by Crippen LogP contribution is -2.62. The zero-order valence-electron chi connectivity index (χ0n) is 20.7. The zero-order chi connectivity index (χ0) is 25.4. The van der Waals surface area contributed by atoms with Gasteiger partial charge in [-0.05, 0) is 29.5 Å². The molecule has 0 spiro atoms. The van der Waals surface area contributed by atoms with E-state index in [-0.39, 0.29) is 12.0 Å². The van der Waals surface area contributed by atoms with Crippen LogP contribution in [0.1, 0.15) is 49.9 Å². The van der Waals surface area contributed by atoms with E-state index >= 15 is 0 Å². The average molecular weight is 469 g/mol. The van der Waals surface area contributed by atoms with Crippen molar-refractivity contribution in [3.05, 3.63) is 101 Å². The third-order valence-electron chi connectivity index (χ3n) is 6.31. The number of carbonyl (C=O) groups excluding carboxylic acids is 2. The molecule has 0 aliphatic carbocycles. The van der Waals surface area contributed by atoms with E-state index in [1.807, 2.05) is 66.7 Å². The summed E-state index contributed by atoms with van der Waals surface area (Å²) in [6, 6.07) is 24.1. The van der Waals surface area contributed by atoms with E-state index in [4.69, 9.17) is 11.5 Å². The molecule has 0 bridgehead atoms. The summed E-state index contributed by atoms with van der Waals surface area (Å²) < 4.78 is 0. The molecule has 35 heavy (non-hydrogen) atoms. The number of anilines is 1. The minimum atomic E-state index is -2.15. The summed E-state index contributed by atoms with van der Waals surface area (Å²) in [7, 11) is 0. The van der Waals surface area contributed by atoms with E-state index in [9.17, 15) is 9.59 Å². The summed E-state index contributed by atoms with van der Waals surface area (Å²) in [6.07, 6.45) is 0. The van der Waals surface area contributed by atoms with E-state index < -0.39 is 23.4 Å². The van der Waals surface area contributed by atoms with Gasteiger partial charge in [0, 0.05) is 11.1 Å². The molecule has 2 atom stereocenters. The monoisotopic (exact) mass is 468 g/mol. The highest BCUT2D eigenvalue weighted by molar-refractivity contribution is 6.26. The zero-order valence-corrected chi connectivity index (χ0v) is 20.7. The molecule has 0 fully saturated rings. The number of nitrogens with two attached hydrogens (primary N) is 2. The fourth-order valence-corrected chi connectivity index (χ4v) is 4.28. The smallest absolute Gasteiger partial charge is 0.277 e. The predicted molar refractivity (Wildman–Crippen MR) is 140 cm³/mol. The molecular weight excluding hydrogens is 436 g/mol. The normalized spacial score (nSPS) is 19.0. The number of hydrogen-bond donors (Lipinski definition) is 2. The Morgan fingerprint density at radius 3 is 2.17 bits per heavy atom. The van der Waals surface area contributed by atoms with Gasteiger partial charge in [0.15, 0.2) is 0 Å². The first-order chi connectivity index (χ1) is 16.5. The lowest BCUT2D eigenvalue weighted by Gasteiger charge is -2.30. The van der Waals surface area contributed by atoms with Crippen LogP contribution in [0.3, 0.4) is 0 Å². The maximum atomic E-state index is 14.0. The van der Waals surface area contributed by atoms with Crippen molar-refractivity contribution in [3.8, 4) is 0 Å². The van der Waals surface area contributed by atoms with Crippen molar-refractivity contribution < 1.29 is 9.59 Å². The lowest BCUT2D eigenvalue weighted by atomic mass is 9.86. The molecule has 180 valence electrons. The number of amides is 1. The van der Waals surface area contributed by atoms with E-state index in [0.29, 0.717) is 11.4 Å². The minimum Gasteiger partial charge on any atom is -0.322 e. The van der Waals surface area contributed by atoms with Crippen molar-refractivity contribution in [1.29, 1.82) is 0 Å². The van der Waals surface area contributed by atoms with Crippen LogP contribution in [0.4, 0.5) is 5.69 Å². The van der Waals surface area contributed by atoms with Gasteiger partial charge < -0.3 is 10.6 Å². The number of aliphatic imine (C=N–C) groups is 1. The molecule has 1 unspecified atom stereocenters. The Hall–Kier alpha value is -3.61. The quantitative estimate of drug-likeness (QED) is 0.554. The second-order valence-electron chi connectivity index (χ2n) is 10.1. The molecule has 4 N–H and O–H groups in total. The first-order valence-corrected chi connectivity index (χ1v) is 11.8. The number of ketones is 1. The first-order valence-electron chi connectivity index (χ1n) is 11.8. The Morgan fingerprint density at radius 2 is 1.57 bits per heavy atom. The molecule has 3 aromatic rings. The van der Waals surface area contributed by atoms with Crippen molar-refractivity contribution in [2.45, 2.75) is 51.4 Å². The average Bonchev–Trinajstić information content (AvgIpc) is 2.93. The van der Waals surface area contributed by atoms with E-state index in [0.717, 1.165) is 16.7 Å². The lowest BCUT2D eigenvalue weighted by molar-refractivity contribution is -0.134. The Bertz CT molecular complexity index is 1270. The summed E-state index contributed by atoms with van der Waals surface area (Å²) in [5.41, 5.74) is 15.1. The van der Waals surface area contributed by atoms with Crippen molar-refractivity contribution in [2.75, 3.05) is 4.90 Å². The number of benzene rings is 3. The van der Waals surface area contributed by atoms with E-state index in [1.54, 1.807) is 4.90 Å². The van der Waals surface area contributed by atoms with Crippen LogP contribution >= 0.6 is 0 Å². The van der Waals surface area contributed by atoms with Crippen LogP contribution in [-0.2, 0) is 21.5 Å². The van der Waals surface area contributed by atoms with Crippen LogP contribution in [0.5, 0.6) is 0 Å². The molecule has 1 heterocycles. The van der Waals surface area contributed by atoms with Crippen molar-refractivity contribution in [3.63, 3.8) is 0 Å². The number of para-hydroxylation sites is 1. The van der Waals surface area contributed by atoms with E-state index in [2.05, 4.69) is 37.9 Å². The van der Waals surface area contributed by atoms with Crippen LogP contribution in [0.25, 0.3) is 0 Å². The fourth-order valence-electron chi connectivity index (χ4n) is 4.28. The predicted octanol–water partition coefficient (Wildman–Crippen LogP) is 3.94. The Labute approximate surface area is 206 Å². The van der Waals surface area contributed by atoms with E-state index in [1.165, 1.54) is 12.5 Å². The summed E-state index contributed by atoms with van der Waals surface area (Å²) >= 11 is 0. The standard InChI is InChI=1S/C29H32N4O2/c1-19(30)26(34)29(31)27(35)33(18-20-14-16-22(17-15-20)28(2,3)4)24-13-9-8-12-23(24)25(32-29)21-10-6-5-7-11-21/h5-17,19H,18,30-31H2,1-4H3/t19-,29?/m0/s1.